The van der Waals surface area contributed by atoms with Crippen molar-refractivity contribution in [1.82, 2.24) is 15.2 Å². The zero-order valence-corrected chi connectivity index (χ0v) is 7.14. The van der Waals surface area contributed by atoms with E-state index in [0.29, 0.717) is 5.92 Å². The van der Waals surface area contributed by atoms with Gasteiger partial charge in [0.05, 0.1) is 5.52 Å². The Labute approximate surface area is 75.8 Å². The summed E-state index contributed by atoms with van der Waals surface area (Å²) in [5, 5.41) is 8.24. The molecule has 1 saturated carbocycles. The summed E-state index contributed by atoms with van der Waals surface area (Å²) in [6.45, 7) is 0. The molecule has 64 valence electrons. The third-order valence-corrected chi connectivity index (χ3v) is 2.32. The summed E-state index contributed by atoms with van der Waals surface area (Å²) in [5.74, 6) is 1.50. The van der Waals surface area contributed by atoms with Crippen molar-refractivity contribution >= 4 is 11.0 Å². The van der Waals surface area contributed by atoms with E-state index in [1.54, 1.807) is 0 Å². The highest BCUT2D eigenvalue weighted by Gasteiger charge is 2.26. The zero-order chi connectivity index (χ0) is 8.67. The Morgan fingerprint density at radius 1 is 1.00 bits per heavy atom. The summed E-state index contributed by atoms with van der Waals surface area (Å²) in [5.41, 5.74) is 1.84. The van der Waals surface area contributed by atoms with E-state index in [4.69, 9.17) is 0 Å². The number of nitrogens with zero attached hydrogens (tertiary/aromatic N) is 3. The lowest BCUT2D eigenvalue weighted by molar-refractivity contribution is 0.870. The van der Waals surface area contributed by atoms with E-state index in [1.807, 2.05) is 24.3 Å². The van der Waals surface area contributed by atoms with E-state index >= 15 is 0 Å². The molecule has 0 radical (unpaired) electrons. The molecule has 1 heterocycles. The van der Waals surface area contributed by atoms with Crippen molar-refractivity contribution in [3.63, 3.8) is 0 Å². The first-order valence-electron chi connectivity index (χ1n) is 4.53. The van der Waals surface area contributed by atoms with Gasteiger partial charge in [0.25, 0.3) is 0 Å². The SMILES string of the molecule is c1ccc2nc(C3CC3)nnc2c1. The quantitative estimate of drug-likeness (QED) is 0.657. The fraction of sp³-hybridized carbons (Fsp3) is 0.300. The van der Waals surface area contributed by atoms with Crippen molar-refractivity contribution in [2.24, 2.45) is 0 Å². The number of benzene rings is 1. The van der Waals surface area contributed by atoms with Gasteiger partial charge in [-0.25, -0.2) is 4.98 Å². The molecule has 0 aliphatic heterocycles. The van der Waals surface area contributed by atoms with E-state index in [2.05, 4.69) is 15.2 Å². The van der Waals surface area contributed by atoms with Gasteiger partial charge < -0.3 is 0 Å². The fourth-order valence-corrected chi connectivity index (χ4v) is 1.41. The van der Waals surface area contributed by atoms with Crippen LogP contribution in [-0.2, 0) is 0 Å². The van der Waals surface area contributed by atoms with Gasteiger partial charge in [-0.1, -0.05) is 12.1 Å². The smallest absolute Gasteiger partial charge is 0.154 e. The van der Waals surface area contributed by atoms with Crippen molar-refractivity contribution in [3.8, 4) is 0 Å². The molecule has 13 heavy (non-hydrogen) atoms. The maximum Gasteiger partial charge on any atom is 0.154 e. The minimum atomic E-state index is 0.581. The Kier molecular flexibility index (Phi) is 1.33. The Bertz CT molecular complexity index is 449. The topological polar surface area (TPSA) is 38.7 Å². The van der Waals surface area contributed by atoms with Gasteiger partial charge in [0, 0.05) is 5.92 Å². The molecule has 0 bridgehead atoms. The summed E-state index contributed by atoms with van der Waals surface area (Å²) in [7, 11) is 0. The van der Waals surface area contributed by atoms with Crippen LogP contribution in [0.15, 0.2) is 24.3 Å². The Morgan fingerprint density at radius 2 is 1.77 bits per heavy atom. The Morgan fingerprint density at radius 3 is 2.54 bits per heavy atom. The van der Waals surface area contributed by atoms with E-state index < -0.39 is 0 Å². The third kappa shape index (κ3) is 1.16. The predicted molar refractivity (Wildman–Crippen MR) is 49.3 cm³/mol. The molecule has 3 nitrogen and oxygen atoms in total. The molecule has 0 atom stereocenters. The van der Waals surface area contributed by atoms with Crippen LogP contribution in [0, 0.1) is 0 Å². The Hall–Kier alpha value is -1.51. The maximum atomic E-state index is 4.46. The molecule has 1 fully saturated rings. The van der Waals surface area contributed by atoms with Crippen LogP contribution in [0.2, 0.25) is 0 Å². The molecule has 0 amide bonds. The molecule has 0 saturated heterocycles. The molecular formula is C10H9N3. The summed E-state index contributed by atoms with van der Waals surface area (Å²) >= 11 is 0. The maximum absolute atomic E-state index is 4.46. The largest absolute Gasteiger partial charge is 0.229 e. The predicted octanol–water partition coefficient (Wildman–Crippen LogP) is 1.90. The molecule has 1 aromatic carbocycles. The monoisotopic (exact) mass is 171 g/mol. The summed E-state index contributed by atoms with van der Waals surface area (Å²) < 4.78 is 0. The van der Waals surface area contributed by atoms with Gasteiger partial charge in [-0.2, -0.15) is 0 Å². The van der Waals surface area contributed by atoms with E-state index in [0.717, 1.165) is 16.9 Å². The van der Waals surface area contributed by atoms with Crippen LogP contribution in [0.25, 0.3) is 11.0 Å². The zero-order valence-electron chi connectivity index (χ0n) is 7.14. The number of hydrogen-bond donors (Lipinski definition) is 0. The molecule has 3 rings (SSSR count). The van der Waals surface area contributed by atoms with Gasteiger partial charge in [0.15, 0.2) is 5.82 Å². The van der Waals surface area contributed by atoms with E-state index in [9.17, 15) is 0 Å². The first-order chi connectivity index (χ1) is 6.43. The molecule has 2 aromatic rings. The van der Waals surface area contributed by atoms with Crippen LogP contribution in [0.5, 0.6) is 0 Å². The van der Waals surface area contributed by atoms with E-state index in [-0.39, 0.29) is 0 Å². The van der Waals surface area contributed by atoms with Crippen molar-refractivity contribution in [1.29, 1.82) is 0 Å². The molecule has 3 heteroatoms. The third-order valence-electron chi connectivity index (χ3n) is 2.32. The highest BCUT2D eigenvalue weighted by molar-refractivity contribution is 5.72. The summed E-state index contributed by atoms with van der Waals surface area (Å²) in [4.78, 5) is 4.46. The van der Waals surface area contributed by atoms with Crippen molar-refractivity contribution in [2.45, 2.75) is 18.8 Å². The molecule has 0 spiro atoms. The number of aromatic nitrogens is 3. The highest BCUT2D eigenvalue weighted by Crippen LogP contribution is 2.37. The second-order valence-electron chi connectivity index (χ2n) is 3.43. The number of rotatable bonds is 1. The van der Waals surface area contributed by atoms with Crippen molar-refractivity contribution in [3.05, 3.63) is 30.1 Å². The summed E-state index contributed by atoms with van der Waals surface area (Å²) in [6.07, 6.45) is 2.44. The lowest BCUT2D eigenvalue weighted by atomic mass is 10.3. The second-order valence-corrected chi connectivity index (χ2v) is 3.43. The van der Waals surface area contributed by atoms with Crippen LogP contribution >= 0.6 is 0 Å². The molecule has 0 N–H and O–H groups in total. The lowest BCUT2D eigenvalue weighted by Gasteiger charge is -1.97. The van der Waals surface area contributed by atoms with Gasteiger partial charge >= 0.3 is 0 Å². The van der Waals surface area contributed by atoms with Gasteiger partial charge in [-0.15, -0.1) is 10.2 Å². The number of hydrogen-bond acceptors (Lipinski definition) is 3. The standard InChI is InChI=1S/C10H9N3/c1-2-4-9-8(3-1)11-10(13-12-9)7-5-6-7/h1-4,7H,5-6H2. The first kappa shape index (κ1) is 6.95. The van der Waals surface area contributed by atoms with Gasteiger partial charge in [0.1, 0.15) is 5.52 Å². The molecule has 1 aliphatic rings. The number of para-hydroxylation sites is 1. The first-order valence-corrected chi connectivity index (χ1v) is 4.53. The highest BCUT2D eigenvalue weighted by atomic mass is 15.2. The van der Waals surface area contributed by atoms with Gasteiger partial charge in [0.2, 0.25) is 0 Å². The summed E-state index contributed by atoms with van der Waals surface area (Å²) in [6, 6.07) is 7.85. The Balaban J connectivity index is 2.21. The van der Waals surface area contributed by atoms with Crippen LogP contribution in [0.3, 0.4) is 0 Å². The van der Waals surface area contributed by atoms with Crippen LogP contribution in [0.4, 0.5) is 0 Å². The van der Waals surface area contributed by atoms with Crippen LogP contribution in [-0.4, -0.2) is 15.2 Å². The lowest BCUT2D eigenvalue weighted by Crippen LogP contribution is -1.95. The molecule has 1 aliphatic carbocycles. The van der Waals surface area contributed by atoms with Gasteiger partial charge in [-0.3, -0.25) is 0 Å². The van der Waals surface area contributed by atoms with Crippen molar-refractivity contribution in [2.75, 3.05) is 0 Å². The minimum Gasteiger partial charge on any atom is -0.229 e. The molecular weight excluding hydrogens is 162 g/mol. The average Bonchev–Trinajstić information content (AvgIpc) is 3.00. The van der Waals surface area contributed by atoms with Crippen LogP contribution < -0.4 is 0 Å². The normalized spacial score (nSPS) is 16.3. The second kappa shape index (κ2) is 2.49. The van der Waals surface area contributed by atoms with Crippen LogP contribution in [0.1, 0.15) is 24.6 Å². The number of fused-ring (bicyclic) bond motifs is 1. The fourth-order valence-electron chi connectivity index (χ4n) is 1.41. The minimum absolute atomic E-state index is 0.581. The van der Waals surface area contributed by atoms with Gasteiger partial charge in [-0.05, 0) is 25.0 Å². The van der Waals surface area contributed by atoms with E-state index in [1.165, 1.54) is 12.8 Å². The molecule has 1 aromatic heterocycles. The van der Waals surface area contributed by atoms with Crippen molar-refractivity contribution < 1.29 is 0 Å². The molecule has 0 unspecified atom stereocenters. The average molecular weight is 171 g/mol.